The Balaban J connectivity index is 0.000000355. The Morgan fingerprint density at radius 1 is 0.953 bits per heavy atom. The number of carbonyl (C=O) groups is 2. The highest BCUT2D eigenvalue weighted by atomic mass is 19.1. The first-order valence-electron chi connectivity index (χ1n) is 14.7. The third-order valence-electron chi connectivity index (χ3n) is 6.36. The molecule has 0 aromatic heterocycles. The molecule has 43 heavy (non-hydrogen) atoms. The second-order valence-corrected chi connectivity index (χ2v) is 9.04. The van der Waals surface area contributed by atoms with Gasteiger partial charge in [0.15, 0.2) is 17.9 Å². The van der Waals surface area contributed by atoms with Gasteiger partial charge in [0.05, 0.1) is 43.1 Å². The van der Waals surface area contributed by atoms with Gasteiger partial charge in [-0.15, -0.1) is 0 Å². The van der Waals surface area contributed by atoms with Crippen LogP contribution >= 0.6 is 0 Å². The maximum atomic E-state index is 14.1. The summed E-state index contributed by atoms with van der Waals surface area (Å²) in [6, 6.07) is 21.3. The lowest BCUT2D eigenvalue weighted by Crippen LogP contribution is -2.28. The number of imide groups is 1. The number of ether oxygens (including phenoxy) is 3. The molecule has 0 radical (unpaired) electrons. The lowest BCUT2D eigenvalue weighted by atomic mass is 10.1. The summed E-state index contributed by atoms with van der Waals surface area (Å²) in [7, 11) is 1.45. The van der Waals surface area contributed by atoms with E-state index in [0.717, 1.165) is 50.3 Å². The number of anilines is 1. The summed E-state index contributed by atoms with van der Waals surface area (Å²) < 4.78 is 30.3. The second-order valence-electron chi connectivity index (χ2n) is 9.04. The molecule has 2 aliphatic heterocycles. The topological polar surface area (TPSA) is 101 Å². The van der Waals surface area contributed by atoms with E-state index in [1.165, 1.54) is 13.2 Å². The van der Waals surface area contributed by atoms with Crippen LogP contribution in [0.15, 0.2) is 66.7 Å². The molecule has 2 heterocycles. The Kier molecular flexibility index (Phi) is 15.5. The number of carbonyl (C=O) groups excluding carboxylic acids is 2. The van der Waals surface area contributed by atoms with E-state index in [1.54, 1.807) is 42.5 Å². The third kappa shape index (κ3) is 10.5. The molecular formula is C34H42FN3O5. The molecule has 8 nitrogen and oxygen atoms in total. The van der Waals surface area contributed by atoms with E-state index in [9.17, 15) is 14.0 Å². The number of hydrogen-bond acceptors (Lipinski definition) is 7. The number of nitrogens with one attached hydrogen (secondary N) is 1. The van der Waals surface area contributed by atoms with Crippen LogP contribution in [0.2, 0.25) is 0 Å². The zero-order valence-electron chi connectivity index (χ0n) is 25.7. The number of halogens is 1. The van der Waals surface area contributed by atoms with E-state index in [2.05, 4.69) is 16.3 Å². The normalized spacial score (nSPS) is 13.4. The number of benzene rings is 3. The van der Waals surface area contributed by atoms with Crippen molar-refractivity contribution in [3.05, 3.63) is 94.8 Å². The summed E-state index contributed by atoms with van der Waals surface area (Å²) in [5.41, 5.74) is 3.40. The van der Waals surface area contributed by atoms with Gasteiger partial charge in [-0.2, -0.15) is 5.26 Å². The van der Waals surface area contributed by atoms with Crippen molar-refractivity contribution in [3.8, 4) is 11.8 Å². The number of hydrogen-bond donors (Lipinski definition) is 1. The van der Waals surface area contributed by atoms with Gasteiger partial charge in [0.1, 0.15) is 0 Å². The molecule has 0 saturated carbocycles. The lowest BCUT2D eigenvalue weighted by molar-refractivity contribution is -0.181. The van der Waals surface area contributed by atoms with Gasteiger partial charge in [-0.05, 0) is 66.9 Å². The first kappa shape index (κ1) is 34.9. The van der Waals surface area contributed by atoms with E-state index in [4.69, 9.17) is 19.5 Å². The summed E-state index contributed by atoms with van der Waals surface area (Å²) in [6.07, 6.45) is 2.49. The monoisotopic (exact) mass is 591 g/mol. The molecule has 0 aliphatic carbocycles. The highest BCUT2D eigenvalue weighted by molar-refractivity contribution is 6.21. The van der Waals surface area contributed by atoms with Gasteiger partial charge in [0, 0.05) is 25.2 Å². The lowest BCUT2D eigenvalue weighted by Gasteiger charge is -2.27. The van der Waals surface area contributed by atoms with Crippen molar-refractivity contribution in [3.63, 3.8) is 0 Å². The van der Waals surface area contributed by atoms with Gasteiger partial charge in [-0.25, -0.2) is 4.39 Å². The minimum absolute atomic E-state index is 0.144. The largest absolute Gasteiger partial charge is 0.494 e. The van der Waals surface area contributed by atoms with Crippen LogP contribution in [0.3, 0.4) is 0 Å². The van der Waals surface area contributed by atoms with Crippen LogP contribution in [-0.2, 0) is 16.0 Å². The molecule has 0 bridgehead atoms. The van der Waals surface area contributed by atoms with E-state index >= 15 is 0 Å². The van der Waals surface area contributed by atoms with Crippen LogP contribution in [0.1, 0.15) is 78.8 Å². The molecule has 2 aliphatic rings. The average Bonchev–Trinajstić information content (AvgIpc) is 3.36. The summed E-state index contributed by atoms with van der Waals surface area (Å²) in [5.74, 6) is -0.736. The molecule has 9 heteroatoms. The summed E-state index contributed by atoms with van der Waals surface area (Å²) in [4.78, 5) is 24.1. The fourth-order valence-corrected chi connectivity index (χ4v) is 4.34. The standard InChI is InChI=1S/C22H25FN2O3.C8H5NO2.2C2H6/c1-26-21-10-7-18(14-20(21)23)16-25(19-8-5-17(15-24)6-9-19)11-2-4-22-27-12-3-13-28-22;10-7-5-3-1-2-4-6(5)8(11)9-7;2*1-2/h5-10,14,22H,2-4,11-13,16H2,1H3;1-4H,(H,9,10,11);2*1-2H3. The van der Waals surface area contributed by atoms with Crippen molar-refractivity contribution < 1.29 is 28.2 Å². The van der Waals surface area contributed by atoms with E-state index in [0.29, 0.717) is 23.2 Å². The Labute approximate surface area is 254 Å². The van der Waals surface area contributed by atoms with Crippen LogP contribution in [-0.4, -0.2) is 45.0 Å². The van der Waals surface area contributed by atoms with Crippen molar-refractivity contribution in [1.82, 2.24) is 5.32 Å². The third-order valence-corrected chi connectivity index (χ3v) is 6.36. The molecule has 3 aromatic carbocycles. The second kappa shape index (κ2) is 19.0. The molecule has 3 aromatic rings. The zero-order chi connectivity index (χ0) is 31.6. The fourth-order valence-electron chi connectivity index (χ4n) is 4.34. The zero-order valence-corrected chi connectivity index (χ0v) is 25.7. The van der Waals surface area contributed by atoms with E-state index in [1.807, 2.05) is 45.9 Å². The molecule has 1 saturated heterocycles. The molecule has 0 spiro atoms. The minimum Gasteiger partial charge on any atom is -0.494 e. The molecule has 230 valence electrons. The molecule has 2 amide bonds. The van der Waals surface area contributed by atoms with Gasteiger partial charge in [0.25, 0.3) is 11.8 Å². The number of fused-ring (bicyclic) bond motifs is 1. The summed E-state index contributed by atoms with van der Waals surface area (Å²) >= 11 is 0. The number of methoxy groups -OCH3 is 1. The summed E-state index contributed by atoms with van der Waals surface area (Å²) in [6.45, 7) is 10.8. The molecule has 1 N–H and O–H groups in total. The SMILES string of the molecule is CC.CC.COc1ccc(CN(CCCC2OCCCO2)c2ccc(C#N)cc2)cc1F.O=C1NC(=O)c2ccccc21. The maximum Gasteiger partial charge on any atom is 0.258 e. The van der Waals surface area contributed by atoms with Gasteiger partial charge in [-0.1, -0.05) is 45.9 Å². The predicted octanol–water partition coefficient (Wildman–Crippen LogP) is 6.88. The average molecular weight is 592 g/mol. The molecule has 5 rings (SSSR count). The van der Waals surface area contributed by atoms with Crippen molar-refractivity contribution in [2.24, 2.45) is 0 Å². The van der Waals surface area contributed by atoms with Gasteiger partial charge in [-0.3, -0.25) is 14.9 Å². The maximum absolute atomic E-state index is 14.1. The van der Waals surface area contributed by atoms with Gasteiger partial charge < -0.3 is 19.1 Å². The molecular weight excluding hydrogens is 549 g/mol. The first-order chi connectivity index (χ1) is 21.0. The van der Waals surface area contributed by atoms with Crippen LogP contribution in [0.25, 0.3) is 0 Å². The molecule has 0 unspecified atom stereocenters. The van der Waals surface area contributed by atoms with Gasteiger partial charge >= 0.3 is 0 Å². The predicted molar refractivity (Wildman–Crippen MR) is 166 cm³/mol. The highest BCUT2D eigenvalue weighted by Crippen LogP contribution is 2.23. The number of nitrogens with zero attached hydrogens (tertiary/aromatic N) is 2. The van der Waals surface area contributed by atoms with Crippen LogP contribution in [0, 0.1) is 17.1 Å². The quantitative estimate of drug-likeness (QED) is 0.285. The molecule has 0 atom stereocenters. The summed E-state index contributed by atoms with van der Waals surface area (Å²) in [5, 5.41) is 11.2. The Morgan fingerprint density at radius 3 is 2.09 bits per heavy atom. The number of nitriles is 1. The van der Waals surface area contributed by atoms with Crippen molar-refractivity contribution in [2.45, 2.75) is 59.8 Å². The Bertz CT molecular complexity index is 1300. The molecule has 1 fully saturated rings. The van der Waals surface area contributed by atoms with Crippen LogP contribution in [0.5, 0.6) is 5.75 Å². The van der Waals surface area contributed by atoms with Gasteiger partial charge in [0.2, 0.25) is 0 Å². The smallest absolute Gasteiger partial charge is 0.258 e. The first-order valence-corrected chi connectivity index (χ1v) is 14.7. The van der Waals surface area contributed by atoms with Crippen LogP contribution in [0.4, 0.5) is 10.1 Å². The van der Waals surface area contributed by atoms with Crippen molar-refractivity contribution >= 4 is 17.5 Å². The van der Waals surface area contributed by atoms with Crippen LogP contribution < -0.4 is 15.0 Å². The van der Waals surface area contributed by atoms with Crippen molar-refractivity contribution in [1.29, 1.82) is 5.26 Å². The fraction of sp³-hybridized carbons (Fsp3) is 0.382. The van der Waals surface area contributed by atoms with Crippen molar-refractivity contribution in [2.75, 3.05) is 31.8 Å². The Hall–Kier alpha value is -4.26. The number of amides is 2. The Morgan fingerprint density at radius 2 is 1.56 bits per heavy atom. The number of rotatable bonds is 8. The minimum atomic E-state index is -0.371. The van der Waals surface area contributed by atoms with E-state index < -0.39 is 0 Å². The highest BCUT2D eigenvalue weighted by Gasteiger charge is 2.25. The van der Waals surface area contributed by atoms with E-state index in [-0.39, 0.29) is 29.7 Å².